The van der Waals surface area contributed by atoms with Crippen molar-refractivity contribution in [2.24, 2.45) is 0 Å². The van der Waals surface area contributed by atoms with Gasteiger partial charge in [0.1, 0.15) is 0 Å². The van der Waals surface area contributed by atoms with Crippen molar-refractivity contribution in [1.82, 2.24) is 24.7 Å². The molecule has 7 heteroatoms. The van der Waals surface area contributed by atoms with Gasteiger partial charge in [-0.05, 0) is 95.1 Å². The lowest BCUT2D eigenvalue weighted by Gasteiger charge is -2.28. The smallest absolute Gasteiger partial charge is 0.170 e. The largest absolute Gasteiger partial charge is 0.352 e. The van der Waals surface area contributed by atoms with Crippen LogP contribution < -0.4 is 5.32 Å². The first-order valence-corrected chi connectivity index (χ1v) is 11.7. The Morgan fingerprint density at radius 1 is 1.12 bits per heavy atom. The fourth-order valence-corrected chi connectivity index (χ4v) is 5.16. The predicted octanol–water partition coefficient (Wildman–Crippen LogP) is 5.07. The molecule has 0 saturated carbocycles. The number of rotatable bonds is 7. The molecule has 3 heterocycles. The molecule has 2 aromatic heterocycles. The zero-order valence-electron chi connectivity index (χ0n) is 19.0. The second kappa shape index (κ2) is 9.61. The third kappa shape index (κ3) is 4.53. The molecule has 1 fully saturated rings. The summed E-state index contributed by atoms with van der Waals surface area (Å²) in [4.78, 5) is 9.21. The Bertz CT molecular complexity index is 1090. The van der Waals surface area contributed by atoms with Crippen LogP contribution in [0.2, 0.25) is 5.02 Å². The van der Waals surface area contributed by atoms with Crippen LogP contribution in [0.3, 0.4) is 0 Å². The normalized spacial score (nSPS) is 18.4. The lowest BCUT2D eigenvalue weighted by molar-refractivity contribution is 0.292. The summed E-state index contributed by atoms with van der Waals surface area (Å²) in [5, 5.41) is 5.08. The number of pyridine rings is 1. The van der Waals surface area contributed by atoms with E-state index in [1.165, 1.54) is 17.0 Å². The van der Waals surface area contributed by atoms with Crippen LogP contribution in [-0.2, 0) is 0 Å². The highest BCUT2D eigenvalue weighted by atomic mass is 35.5. The van der Waals surface area contributed by atoms with Crippen LogP contribution in [0, 0.1) is 13.8 Å². The summed E-state index contributed by atoms with van der Waals surface area (Å²) in [7, 11) is 4.21. The molecule has 5 nitrogen and oxygen atoms in total. The summed E-state index contributed by atoms with van der Waals surface area (Å²) in [6.07, 6.45) is 2.88. The second-order valence-corrected chi connectivity index (χ2v) is 9.44. The van der Waals surface area contributed by atoms with Gasteiger partial charge >= 0.3 is 0 Å². The number of thiocarbonyl (C=S) groups is 1. The number of nitrogens with zero attached hydrogens (tertiary/aromatic N) is 4. The Kier molecular flexibility index (Phi) is 6.84. The van der Waals surface area contributed by atoms with E-state index in [9.17, 15) is 0 Å². The highest BCUT2D eigenvalue weighted by Crippen LogP contribution is 2.41. The quantitative estimate of drug-likeness (QED) is 0.491. The van der Waals surface area contributed by atoms with E-state index in [2.05, 4.69) is 70.8 Å². The number of halogens is 1. The van der Waals surface area contributed by atoms with Crippen LogP contribution in [-0.4, -0.2) is 51.6 Å². The highest BCUT2D eigenvalue weighted by Gasteiger charge is 2.41. The van der Waals surface area contributed by atoms with E-state index < -0.39 is 0 Å². The van der Waals surface area contributed by atoms with E-state index in [-0.39, 0.29) is 12.1 Å². The average Bonchev–Trinajstić information content (AvgIpc) is 3.24. The summed E-state index contributed by atoms with van der Waals surface area (Å²) < 4.78 is 2.27. The van der Waals surface area contributed by atoms with Crippen LogP contribution >= 0.6 is 23.8 Å². The van der Waals surface area contributed by atoms with Crippen molar-refractivity contribution >= 4 is 28.9 Å². The number of aromatic nitrogens is 2. The number of aryl methyl sites for hydroxylation is 1. The first-order valence-electron chi connectivity index (χ1n) is 10.9. The molecule has 168 valence electrons. The van der Waals surface area contributed by atoms with Crippen LogP contribution in [0.25, 0.3) is 5.69 Å². The van der Waals surface area contributed by atoms with Crippen molar-refractivity contribution in [2.45, 2.75) is 32.4 Å². The van der Waals surface area contributed by atoms with Crippen molar-refractivity contribution < 1.29 is 0 Å². The van der Waals surface area contributed by atoms with Gasteiger partial charge in [-0.3, -0.25) is 4.98 Å². The van der Waals surface area contributed by atoms with Gasteiger partial charge in [0.2, 0.25) is 0 Å². The lowest BCUT2D eigenvalue weighted by atomic mass is 9.96. The molecule has 2 unspecified atom stereocenters. The maximum absolute atomic E-state index is 6.30. The van der Waals surface area contributed by atoms with Crippen LogP contribution in [0.5, 0.6) is 0 Å². The zero-order valence-corrected chi connectivity index (χ0v) is 20.6. The van der Waals surface area contributed by atoms with Crippen LogP contribution in [0.1, 0.15) is 41.1 Å². The van der Waals surface area contributed by atoms with Gasteiger partial charge < -0.3 is 19.7 Å². The summed E-state index contributed by atoms with van der Waals surface area (Å²) in [5.41, 5.74) is 5.70. The minimum absolute atomic E-state index is 0.00336. The van der Waals surface area contributed by atoms with Crippen molar-refractivity contribution in [3.8, 4) is 5.69 Å². The molecule has 1 aromatic carbocycles. The fourth-order valence-electron chi connectivity index (χ4n) is 4.64. The summed E-state index contributed by atoms with van der Waals surface area (Å²) in [6, 6.07) is 16.4. The van der Waals surface area contributed by atoms with Crippen molar-refractivity contribution in [2.75, 3.05) is 27.2 Å². The van der Waals surface area contributed by atoms with Crippen LogP contribution in [0.4, 0.5) is 0 Å². The van der Waals surface area contributed by atoms with E-state index in [0.717, 1.165) is 41.0 Å². The first kappa shape index (κ1) is 22.8. The molecule has 0 aliphatic carbocycles. The first-order chi connectivity index (χ1) is 15.4. The number of nitrogens with one attached hydrogen (secondary N) is 1. The number of benzene rings is 1. The summed E-state index contributed by atoms with van der Waals surface area (Å²) >= 11 is 12.1. The lowest BCUT2D eigenvalue weighted by Crippen LogP contribution is -2.32. The minimum atomic E-state index is -0.00336. The Morgan fingerprint density at radius 3 is 2.62 bits per heavy atom. The van der Waals surface area contributed by atoms with Gasteiger partial charge in [0.05, 0.1) is 17.8 Å². The molecule has 2 atom stereocenters. The standard InChI is InChI=1S/C25H30ClN5S/c1-17-15-21(18(2)31(17)20-10-7-9-19(26)16-20)24-23(22-11-5-6-12-27-22)28-25(32)30(24)14-8-13-29(3)4/h5-7,9-12,15-16,23-24H,8,13-14H2,1-4H3,(H,28,32). The monoisotopic (exact) mass is 467 g/mol. The fraction of sp³-hybridized carbons (Fsp3) is 0.360. The Labute approximate surface area is 201 Å². The molecular weight excluding hydrogens is 438 g/mol. The number of hydrogen-bond acceptors (Lipinski definition) is 3. The van der Waals surface area contributed by atoms with Gasteiger partial charge in [-0.25, -0.2) is 0 Å². The van der Waals surface area contributed by atoms with Gasteiger partial charge in [-0.15, -0.1) is 0 Å². The molecule has 1 aliphatic heterocycles. The van der Waals surface area contributed by atoms with Gasteiger partial charge in [0.15, 0.2) is 5.11 Å². The third-order valence-corrected chi connectivity index (χ3v) is 6.64. The predicted molar refractivity (Wildman–Crippen MR) is 136 cm³/mol. The van der Waals surface area contributed by atoms with Crippen molar-refractivity contribution in [3.05, 3.63) is 82.4 Å². The molecule has 4 rings (SSSR count). The molecular formula is C25H30ClN5S. The molecule has 1 saturated heterocycles. The molecule has 32 heavy (non-hydrogen) atoms. The van der Waals surface area contributed by atoms with E-state index in [0.29, 0.717) is 0 Å². The average molecular weight is 468 g/mol. The van der Waals surface area contributed by atoms with Crippen molar-refractivity contribution in [1.29, 1.82) is 0 Å². The molecule has 1 N–H and O–H groups in total. The van der Waals surface area contributed by atoms with Gasteiger partial charge in [-0.2, -0.15) is 0 Å². The zero-order chi connectivity index (χ0) is 22.8. The van der Waals surface area contributed by atoms with E-state index in [1.807, 2.05) is 36.5 Å². The van der Waals surface area contributed by atoms with Gasteiger partial charge in [0, 0.05) is 34.8 Å². The maximum atomic E-state index is 6.30. The molecule has 3 aromatic rings. The molecule has 0 spiro atoms. The van der Waals surface area contributed by atoms with Gasteiger partial charge in [0.25, 0.3) is 0 Å². The molecule has 0 bridgehead atoms. The molecule has 0 radical (unpaired) electrons. The molecule has 0 amide bonds. The SMILES string of the molecule is Cc1cc(C2C(c3ccccn3)NC(=S)N2CCCN(C)C)c(C)n1-c1cccc(Cl)c1. The maximum Gasteiger partial charge on any atom is 0.170 e. The third-order valence-electron chi connectivity index (χ3n) is 6.06. The Morgan fingerprint density at radius 2 is 1.94 bits per heavy atom. The van der Waals surface area contributed by atoms with Crippen molar-refractivity contribution in [3.63, 3.8) is 0 Å². The van der Waals surface area contributed by atoms with Gasteiger partial charge in [-0.1, -0.05) is 23.7 Å². The summed E-state index contributed by atoms with van der Waals surface area (Å²) in [5.74, 6) is 0. The van der Waals surface area contributed by atoms with E-state index in [1.54, 1.807) is 0 Å². The molecule has 1 aliphatic rings. The Balaban J connectivity index is 1.77. The summed E-state index contributed by atoms with van der Waals surface area (Å²) in [6.45, 7) is 6.23. The highest BCUT2D eigenvalue weighted by molar-refractivity contribution is 7.80. The van der Waals surface area contributed by atoms with E-state index >= 15 is 0 Å². The Hall–Kier alpha value is -2.41. The van der Waals surface area contributed by atoms with E-state index in [4.69, 9.17) is 23.8 Å². The van der Waals surface area contributed by atoms with Crippen LogP contribution in [0.15, 0.2) is 54.7 Å². The minimum Gasteiger partial charge on any atom is -0.352 e. The second-order valence-electron chi connectivity index (χ2n) is 8.62. The number of hydrogen-bond donors (Lipinski definition) is 1. The topological polar surface area (TPSA) is 36.3 Å².